The molecule has 186 valence electrons. The van der Waals surface area contributed by atoms with Crippen LogP contribution in [0.1, 0.15) is 58.9 Å². The van der Waals surface area contributed by atoms with Crippen LogP contribution in [0.15, 0.2) is 30.5 Å². The summed E-state index contributed by atoms with van der Waals surface area (Å²) in [5.41, 5.74) is 6.27. The van der Waals surface area contributed by atoms with Crippen LogP contribution in [0.3, 0.4) is 0 Å². The van der Waals surface area contributed by atoms with Crippen molar-refractivity contribution >= 4 is 17.4 Å². The summed E-state index contributed by atoms with van der Waals surface area (Å²) in [6.07, 6.45) is -0.0591. The maximum Gasteiger partial charge on any atom is 0.417 e. The third-order valence-corrected chi connectivity index (χ3v) is 6.77. The number of hydrogen-bond donors (Lipinski definition) is 1. The molecule has 0 bridgehead atoms. The van der Waals surface area contributed by atoms with Gasteiger partial charge in [-0.1, -0.05) is 0 Å². The highest BCUT2D eigenvalue weighted by Crippen LogP contribution is 2.37. The van der Waals surface area contributed by atoms with E-state index in [4.69, 9.17) is 10.7 Å². The number of hydrogen-bond acceptors (Lipinski definition) is 5. The molecular weight excluding hydrogens is 464 g/mol. The average molecular weight is 491 g/mol. The van der Waals surface area contributed by atoms with E-state index < -0.39 is 35.1 Å². The van der Waals surface area contributed by atoms with Gasteiger partial charge in [0.05, 0.1) is 22.9 Å². The third kappa shape index (κ3) is 4.44. The van der Waals surface area contributed by atoms with Crippen molar-refractivity contribution < 1.29 is 22.4 Å². The molecule has 2 fully saturated rings. The van der Waals surface area contributed by atoms with E-state index in [1.54, 1.807) is 10.6 Å². The second-order valence-electron chi connectivity index (χ2n) is 9.31. The normalized spacial score (nSPS) is 21.2. The number of anilines is 1. The lowest BCUT2D eigenvalue weighted by molar-refractivity contribution is -0.138. The maximum absolute atomic E-state index is 13.9. The Labute approximate surface area is 199 Å². The number of amides is 1. The van der Waals surface area contributed by atoms with Crippen LogP contribution in [0.5, 0.6) is 0 Å². The number of carbonyl (C=O) groups is 1. The number of nitrogens with zero attached hydrogens (tertiary/aromatic N) is 5. The standard InChI is InChI=1S/C24H26F4N6O/c1-14-12-34-21(30-22(14)32-9-7-16(29)13-32)11-19(31-34)20-4-2-3-8-33(20)23(35)17-10-15(25)5-6-18(17)24(26,27)28/h5-6,10-12,16,20H,2-4,7-9,13,29H2,1H3/t16-,20-/m0/s1. The highest BCUT2D eigenvalue weighted by molar-refractivity contribution is 5.96. The molecule has 4 heterocycles. The van der Waals surface area contributed by atoms with Gasteiger partial charge in [-0.15, -0.1) is 0 Å². The molecular formula is C24H26F4N6O. The molecule has 2 N–H and O–H groups in total. The molecule has 0 unspecified atom stereocenters. The van der Waals surface area contributed by atoms with Crippen molar-refractivity contribution in [3.63, 3.8) is 0 Å². The first-order chi connectivity index (χ1) is 16.6. The van der Waals surface area contributed by atoms with Gasteiger partial charge in [-0.2, -0.15) is 18.3 Å². The molecule has 0 radical (unpaired) electrons. The lowest BCUT2D eigenvalue weighted by Gasteiger charge is -2.35. The number of carbonyl (C=O) groups excluding carboxylic acids is 1. The van der Waals surface area contributed by atoms with Crippen LogP contribution in [0.4, 0.5) is 23.4 Å². The molecule has 5 rings (SSSR count). The molecule has 3 aromatic rings. The summed E-state index contributed by atoms with van der Waals surface area (Å²) in [4.78, 5) is 21.6. The number of aromatic nitrogens is 3. The SMILES string of the molecule is Cc1cn2nc([C@@H]3CCCCN3C(=O)c3cc(F)ccc3C(F)(F)F)cc2nc1N1CC[C@H](N)C1. The summed E-state index contributed by atoms with van der Waals surface area (Å²) in [7, 11) is 0. The van der Waals surface area contributed by atoms with Gasteiger partial charge in [0.2, 0.25) is 0 Å². The molecule has 1 amide bonds. The van der Waals surface area contributed by atoms with Crippen molar-refractivity contribution in [2.45, 2.75) is 50.9 Å². The number of nitrogens with two attached hydrogens (primary N) is 1. The average Bonchev–Trinajstić information content (AvgIpc) is 3.42. The Kier molecular flexibility index (Phi) is 5.90. The Morgan fingerprint density at radius 1 is 1.14 bits per heavy atom. The van der Waals surface area contributed by atoms with Gasteiger partial charge in [0.1, 0.15) is 11.6 Å². The largest absolute Gasteiger partial charge is 0.417 e. The van der Waals surface area contributed by atoms with E-state index in [9.17, 15) is 22.4 Å². The molecule has 35 heavy (non-hydrogen) atoms. The summed E-state index contributed by atoms with van der Waals surface area (Å²) < 4.78 is 56.2. The Hall–Kier alpha value is -3.21. The molecule has 1 aromatic carbocycles. The fraction of sp³-hybridized carbons (Fsp3) is 0.458. The fourth-order valence-electron chi connectivity index (χ4n) is 5.06. The van der Waals surface area contributed by atoms with Gasteiger partial charge in [-0.25, -0.2) is 13.9 Å². The molecule has 2 aliphatic rings. The lowest BCUT2D eigenvalue weighted by atomic mass is 9.97. The first kappa shape index (κ1) is 23.5. The number of halogens is 4. The van der Waals surface area contributed by atoms with E-state index in [0.717, 1.165) is 30.8 Å². The molecule has 2 aliphatic heterocycles. The van der Waals surface area contributed by atoms with Gasteiger partial charge >= 0.3 is 6.18 Å². The van der Waals surface area contributed by atoms with Gasteiger partial charge in [0.25, 0.3) is 5.91 Å². The van der Waals surface area contributed by atoms with E-state index in [-0.39, 0.29) is 12.6 Å². The third-order valence-electron chi connectivity index (χ3n) is 6.77. The number of alkyl halides is 3. The van der Waals surface area contributed by atoms with Crippen molar-refractivity contribution in [3.05, 3.63) is 58.7 Å². The molecule has 0 aliphatic carbocycles. The molecule has 2 aromatic heterocycles. The van der Waals surface area contributed by atoms with E-state index in [1.807, 2.05) is 13.1 Å². The minimum Gasteiger partial charge on any atom is -0.355 e. The first-order valence-electron chi connectivity index (χ1n) is 11.7. The van der Waals surface area contributed by atoms with E-state index in [1.165, 1.54) is 4.90 Å². The number of fused-ring (bicyclic) bond motifs is 1. The van der Waals surface area contributed by atoms with Gasteiger partial charge in [0.15, 0.2) is 5.65 Å². The highest BCUT2D eigenvalue weighted by Gasteiger charge is 2.39. The quantitative estimate of drug-likeness (QED) is 0.560. The molecule has 2 saturated heterocycles. The minimum atomic E-state index is -4.77. The van der Waals surface area contributed by atoms with Crippen molar-refractivity contribution in [1.29, 1.82) is 0 Å². The zero-order valence-electron chi connectivity index (χ0n) is 19.2. The zero-order chi connectivity index (χ0) is 24.9. The van der Waals surface area contributed by atoms with E-state index >= 15 is 0 Å². The van der Waals surface area contributed by atoms with Crippen molar-refractivity contribution in [2.75, 3.05) is 24.5 Å². The molecule has 0 spiro atoms. The van der Waals surface area contributed by atoms with Crippen LogP contribution in [-0.2, 0) is 6.18 Å². The first-order valence-corrected chi connectivity index (χ1v) is 11.7. The summed E-state index contributed by atoms with van der Waals surface area (Å²) >= 11 is 0. The summed E-state index contributed by atoms with van der Waals surface area (Å²) in [5, 5.41) is 4.62. The molecule has 7 nitrogen and oxygen atoms in total. The molecule has 11 heteroatoms. The van der Waals surface area contributed by atoms with Gasteiger partial charge in [-0.05, 0) is 50.8 Å². The monoisotopic (exact) mass is 490 g/mol. The number of piperidine rings is 1. The van der Waals surface area contributed by atoms with Crippen LogP contribution in [0, 0.1) is 12.7 Å². The van der Waals surface area contributed by atoms with Crippen LogP contribution >= 0.6 is 0 Å². The lowest BCUT2D eigenvalue weighted by Crippen LogP contribution is -2.39. The smallest absolute Gasteiger partial charge is 0.355 e. The predicted molar refractivity (Wildman–Crippen MR) is 122 cm³/mol. The Bertz CT molecular complexity index is 1270. The number of aryl methyl sites for hydroxylation is 1. The number of benzene rings is 1. The summed E-state index contributed by atoms with van der Waals surface area (Å²) in [5.74, 6) is -0.922. The van der Waals surface area contributed by atoms with Gasteiger partial charge in [0, 0.05) is 43.5 Å². The molecule has 0 saturated carbocycles. The van der Waals surface area contributed by atoms with Crippen molar-refractivity contribution in [3.8, 4) is 0 Å². The summed E-state index contributed by atoms with van der Waals surface area (Å²) in [6, 6.07) is 3.33. The summed E-state index contributed by atoms with van der Waals surface area (Å²) in [6.45, 7) is 3.72. The Morgan fingerprint density at radius 3 is 2.66 bits per heavy atom. The zero-order valence-corrected chi connectivity index (χ0v) is 19.2. The van der Waals surface area contributed by atoms with E-state index in [0.29, 0.717) is 48.9 Å². The van der Waals surface area contributed by atoms with Gasteiger partial charge in [-0.3, -0.25) is 4.79 Å². The second-order valence-corrected chi connectivity index (χ2v) is 9.31. The molecule has 2 atom stereocenters. The highest BCUT2D eigenvalue weighted by atomic mass is 19.4. The Morgan fingerprint density at radius 2 is 1.94 bits per heavy atom. The van der Waals surface area contributed by atoms with Gasteiger partial charge < -0.3 is 15.5 Å². The maximum atomic E-state index is 13.9. The predicted octanol–water partition coefficient (Wildman–Crippen LogP) is 4.10. The van der Waals surface area contributed by atoms with Crippen LogP contribution in [0.2, 0.25) is 0 Å². The van der Waals surface area contributed by atoms with Crippen molar-refractivity contribution in [2.24, 2.45) is 5.73 Å². The van der Waals surface area contributed by atoms with Crippen LogP contribution in [0.25, 0.3) is 5.65 Å². The van der Waals surface area contributed by atoms with Crippen molar-refractivity contribution in [1.82, 2.24) is 19.5 Å². The topological polar surface area (TPSA) is 79.8 Å². The van der Waals surface area contributed by atoms with E-state index in [2.05, 4.69) is 10.00 Å². The Balaban J connectivity index is 1.50. The van der Waals surface area contributed by atoms with Crippen LogP contribution in [-0.4, -0.2) is 51.1 Å². The number of rotatable bonds is 3. The number of likely N-dealkylation sites (tertiary alicyclic amines) is 1. The minimum absolute atomic E-state index is 0.0964. The fourth-order valence-corrected chi connectivity index (χ4v) is 5.06. The second kappa shape index (κ2) is 8.78. The van der Waals surface area contributed by atoms with Crippen LogP contribution < -0.4 is 10.6 Å².